The van der Waals surface area contributed by atoms with Crippen LogP contribution in [0.5, 0.6) is 11.5 Å². The number of ketones is 1. The van der Waals surface area contributed by atoms with Gasteiger partial charge in [-0.05, 0) is 58.4 Å². The number of thioether (sulfide) groups is 1. The predicted octanol–water partition coefficient (Wildman–Crippen LogP) is 4.39. The number of carbonyl (C=O) groups is 3. The minimum atomic E-state index is -0.529. The molecule has 2 aromatic carbocycles. The van der Waals surface area contributed by atoms with E-state index in [4.69, 9.17) is 4.74 Å². The number of phenolic OH excluding ortho intramolecular Hbond substituents is 1. The molecular weight excluding hydrogens is 446 g/mol. The summed E-state index contributed by atoms with van der Waals surface area (Å²) in [7, 11) is 1.41. The smallest absolute Gasteiger partial charge is 0.293 e. The quantitative estimate of drug-likeness (QED) is 0.524. The molecule has 0 spiro atoms. The second-order valence-corrected chi connectivity index (χ2v) is 7.96. The average Bonchev–Trinajstić information content (AvgIpc) is 2.92. The van der Waals surface area contributed by atoms with Crippen LogP contribution in [-0.4, -0.2) is 40.6 Å². The van der Waals surface area contributed by atoms with Crippen molar-refractivity contribution in [3.05, 3.63) is 62.5 Å². The third-order valence-corrected chi connectivity index (χ3v) is 5.63. The fourth-order valence-corrected chi connectivity index (χ4v) is 3.89. The number of carbonyl (C=O) groups excluding carboxylic acids is 3. The number of benzene rings is 2. The van der Waals surface area contributed by atoms with E-state index < -0.39 is 11.1 Å². The molecule has 3 rings (SSSR count). The number of amides is 2. The number of hydrogen-bond acceptors (Lipinski definition) is 6. The van der Waals surface area contributed by atoms with Crippen molar-refractivity contribution in [2.24, 2.45) is 0 Å². The highest BCUT2D eigenvalue weighted by atomic mass is 79.9. The lowest BCUT2D eigenvalue weighted by Gasteiger charge is -2.11. The standard InChI is InChI=1S/C20H16BrNO5S/c1-11-3-5-13(6-4-11)15(23)10-22-19(25)17(28-20(22)26)9-12-7-14(21)18(24)16(8-12)27-2/h3-9,24H,10H2,1-2H3. The molecule has 8 heteroatoms. The number of phenols is 1. The van der Waals surface area contributed by atoms with Crippen LogP contribution in [0.1, 0.15) is 21.5 Å². The van der Waals surface area contributed by atoms with Crippen LogP contribution in [-0.2, 0) is 4.79 Å². The Kier molecular flexibility index (Phi) is 5.90. The second kappa shape index (κ2) is 8.20. The summed E-state index contributed by atoms with van der Waals surface area (Å²) in [5, 5.41) is 9.38. The van der Waals surface area contributed by atoms with Gasteiger partial charge in [0.1, 0.15) is 0 Å². The van der Waals surface area contributed by atoms with Crippen molar-refractivity contribution in [2.75, 3.05) is 13.7 Å². The third-order valence-electron chi connectivity index (χ3n) is 4.12. The molecule has 0 aliphatic carbocycles. The molecule has 0 atom stereocenters. The van der Waals surface area contributed by atoms with E-state index in [1.807, 2.05) is 6.92 Å². The maximum atomic E-state index is 12.6. The van der Waals surface area contributed by atoms with Gasteiger partial charge in [-0.15, -0.1) is 0 Å². The number of aryl methyl sites for hydroxylation is 1. The van der Waals surface area contributed by atoms with Crippen LogP contribution in [0, 0.1) is 6.92 Å². The molecule has 1 N–H and O–H groups in total. The molecule has 2 amide bonds. The van der Waals surface area contributed by atoms with Gasteiger partial charge < -0.3 is 9.84 Å². The zero-order valence-electron chi connectivity index (χ0n) is 15.1. The summed E-state index contributed by atoms with van der Waals surface area (Å²) in [5.41, 5.74) is 2.03. The van der Waals surface area contributed by atoms with Crippen molar-refractivity contribution in [2.45, 2.75) is 6.92 Å². The van der Waals surface area contributed by atoms with Crippen molar-refractivity contribution < 1.29 is 24.2 Å². The number of aromatic hydroxyl groups is 1. The first-order valence-corrected chi connectivity index (χ1v) is 9.83. The van der Waals surface area contributed by atoms with E-state index in [0.717, 1.165) is 22.2 Å². The Bertz CT molecular complexity index is 1000. The minimum Gasteiger partial charge on any atom is -0.503 e. The lowest BCUT2D eigenvalue weighted by Crippen LogP contribution is -2.33. The maximum absolute atomic E-state index is 12.6. The van der Waals surface area contributed by atoms with Crippen LogP contribution in [0.3, 0.4) is 0 Å². The van der Waals surface area contributed by atoms with E-state index >= 15 is 0 Å². The fraction of sp³-hybridized carbons (Fsp3) is 0.150. The number of imide groups is 1. The van der Waals surface area contributed by atoms with Gasteiger partial charge in [0.25, 0.3) is 11.1 Å². The summed E-state index contributed by atoms with van der Waals surface area (Å²) in [4.78, 5) is 38.4. The molecule has 2 aromatic rings. The lowest BCUT2D eigenvalue weighted by atomic mass is 10.1. The molecule has 0 radical (unpaired) electrons. The highest BCUT2D eigenvalue weighted by Gasteiger charge is 2.36. The zero-order chi connectivity index (χ0) is 20.4. The first-order valence-electron chi connectivity index (χ1n) is 8.22. The maximum Gasteiger partial charge on any atom is 0.293 e. The highest BCUT2D eigenvalue weighted by Crippen LogP contribution is 2.38. The Hall–Kier alpha value is -2.58. The number of methoxy groups -OCH3 is 1. The molecule has 1 aliphatic rings. The van der Waals surface area contributed by atoms with Gasteiger partial charge in [0.15, 0.2) is 17.3 Å². The summed E-state index contributed by atoms with van der Waals surface area (Å²) in [6, 6.07) is 10.1. The predicted molar refractivity (Wildman–Crippen MR) is 111 cm³/mol. The molecule has 1 heterocycles. The van der Waals surface area contributed by atoms with Gasteiger partial charge in [-0.25, -0.2) is 0 Å². The number of halogens is 1. The van der Waals surface area contributed by atoms with Crippen LogP contribution in [0.15, 0.2) is 45.8 Å². The summed E-state index contributed by atoms with van der Waals surface area (Å²) in [5.74, 6) is -0.665. The average molecular weight is 462 g/mol. The van der Waals surface area contributed by atoms with Gasteiger partial charge in [0, 0.05) is 5.56 Å². The van der Waals surface area contributed by atoms with E-state index in [0.29, 0.717) is 15.6 Å². The van der Waals surface area contributed by atoms with E-state index in [2.05, 4.69) is 15.9 Å². The van der Waals surface area contributed by atoms with Gasteiger partial charge in [-0.3, -0.25) is 19.3 Å². The number of ether oxygens (including phenoxy) is 1. The largest absolute Gasteiger partial charge is 0.503 e. The van der Waals surface area contributed by atoms with Gasteiger partial charge >= 0.3 is 0 Å². The van der Waals surface area contributed by atoms with Crippen molar-refractivity contribution >= 4 is 50.7 Å². The Morgan fingerprint density at radius 2 is 1.93 bits per heavy atom. The molecule has 0 aromatic heterocycles. The first-order chi connectivity index (χ1) is 13.3. The Labute approximate surface area is 174 Å². The molecule has 0 unspecified atom stereocenters. The van der Waals surface area contributed by atoms with Crippen LogP contribution in [0.2, 0.25) is 0 Å². The third kappa shape index (κ3) is 4.13. The second-order valence-electron chi connectivity index (χ2n) is 6.11. The highest BCUT2D eigenvalue weighted by molar-refractivity contribution is 9.10. The van der Waals surface area contributed by atoms with Crippen molar-refractivity contribution in [1.29, 1.82) is 0 Å². The van der Waals surface area contributed by atoms with E-state index in [1.165, 1.54) is 13.2 Å². The number of Topliss-reactive ketones (excluding diaryl/α,β-unsaturated/α-hetero) is 1. The Morgan fingerprint density at radius 1 is 1.25 bits per heavy atom. The topological polar surface area (TPSA) is 83.9 Å². The number of hydrogen-bond donors (Lipinski definition) is 1. The van der Waals surface area contributed by atoms with Crippen LogP contribution in [0.4, 0.5) is 4.79 Å². The fourth-order valence-electron chi connectivity index (χ4n) is 2.59. The monoisotopic (exact) mass is 461 g/mol. The molecule has 28 heavy (non-hydrogen) atoms. The van der Waals surface area contributed by atoms with Gasteiger partial charge in [0.05, 0.1) is 23.0 Å². The van der Waals surface area contributed by atoms with Gasteiger partial charge in [-0.2, -0.15) is 0 Å². The molecule has 6 nitrogen and oxygen atoms in total. The Balaban J connectivity index is 1.81. The molecule has 144 valence electrons. The van der Waals surface area contributed by atoms with Crippen molar-refractivity contribution in [3.63, 3.8) is 0 Å². The lowest BCUT2D eigenvalue weighted by molar-refractivity contribution is -0.122. The summed E-state index contributed by atoms with van der Waals surface area (Å²) in [6.07, 6.45) is 1.52. The van der Waals surface area contributed by atoms with Crippen LogP contribution in [0.25, 0.3) is 6.08 Å². The van der Waals surface area contributed by atoms with Crippen LogP contribution < -0.4 is 4.74 Å². The van der Waals surface area contributed by atoms with E-state index in [1.54, 1.807) is 36.4 Å². The summed E-state index contributed by atoms with van der Waals surface area (Å²) < 4.78 is 5.48. The summed E-state index contributed by atoms with van der Waals surface area (Å²) >= 11 is 3.98. The molecule has 1 aliphatic heterocycles. The van der Waals surface area contributed by atoms with Crippen molar-refractivity contribution in [1.82, 2.24) is 4.90 Å². The Morgan fingerprint density at radius 3 is 2.57 bits per heavy atom. The molecule has 0 saturated carbocycles. The molecule has 1 fully saturated rings. The first kappa shape index (κ1) is 20.2. The number of nitrogens with zero attached hydrogens (tertiary/aromatic N) is 1. The van der Waals surface area contributed by atoms with Gasteiger partial charge in [0.2, 0.25) is 0 Å². The number of rotatable bonds is 5. The molecule has 0 bridgehead atoms. The van der Waals surface area contributed by atoms with Gasteiger partial charge in [-0.1, -0.05) is 29.8 Å². The SMILES string of the molecule is COc1cc(C=C2SC(=O)N(CC(=O)c3ccc(C)cc3)C2=O)cc(Br)c1O. The van der Waals surface area contributed by atoms with Crippen molar-refractivity contribution in [3.8, 4) is 11.5 Å². The minimum absolute atomic E-state index is 0.0588. The van der Waals surface area contributed by atoms with E-state index in [-0.39, 0.29) is 28.7 Å². The van der Waals surface area contributed by atoms with E-state index in [9.17, 15) is 19.5 Å². The van der Waals surface area contributed by atoms with Crippen LogP contribution >= 0.6 is 27.7 Å². The summed E-state index contributed by atoms with van der Waals surface area (Å²) in [6.45, 7) is 1.60. The molecule has 1 saturated heterocycles. The normalized spacial score (nSPS) is 15.4. The zero-order valence-corrected chi connectivity index (χ0v) is 17.5. The molecular formula is C20H16BrNO5S.